The molecule has 8 heteroatoms. The number of likely N-dealkylation sites (tertiary alicyclic amines) is 1. The highest BCUT2D eigenvalue weighted by atomic mass is 16.5. The Morgan fingerprint density at radius 1 is 1.27 bits per heavy atom. The number of nitrogens with one attached hydrogen (secondary N) is 1. The van der Waals surface area contributed by atoms with Crippen LogP contribution in [-0.2, 0) is 13.1 Å². The van der Waals surface area contributed by atoms with Gasteiger partial charge in [-0.2, -0.15) is 5.10 Å². The van der Waals surface area contributed by atoms with Crippen molar-refractivity contribution in [2.75, 3.05) is 39.9 Å². The van der Waals surface area contributed by atoms with Crippen LogP contribution in [0.4, 0.5) is 0 Å². The summed E-state index contributed by atoms with van der Waals surface area (Å²) in [6.07, 6.45) is 5.51. The summed E-state index contributed by atoms with van der Waals surface area (Å²) in [6.45, 7) is 4.93. The molecule has 0 spiro atoms. The van der Waals surface area contributed by atoms with E-state index in [1.54, 1.807) is 13.3 Å². The lowest BCUT2D eigenvalue weighted by atomic mass is 10.1. The molecule has 8 nitrogen and oxygen atoms in total. The van der Waals surface area contributed by atoms with Gasteiger partial charge in [-0.05, 0) is 49.6 Å². The van der Waals surface area contributed by atoms with Crippen molar-refractivity contribution in [1.29, 1.82) is 0 Å². The number of benzene rings is 1. The lowest BCUT2D eigenvalue weighted by Crippen LogP contribution is -2.41. The van der Waals surface area contributed by atoms with Crippen molar-refractivity contribution in [3.8, 4) is 11.5 Å². The number of aryl methyl sites for hydroxylation is 1. The standard InChI is InChI=1S/C22H34N4O4/c1-29-22-14-18(15-23-8-2-10-26-11-3-9-24-26)4-5-21(22)30-17-20(28)16-25-12-6-19(27)7-13-25/h3-5,9,11,14,19-20,23,27-28H,2,6-8,10,12-13,15-17H2,1H3. The zero-order chi connectivity index (χ0) is 21.2. The van der Waals surface area contributed by atoms with Gasteiger partial charge >= 0.3 is 0 Å². The predicted octanol–water partition coefficient (Wildman–Crippen LogP) is 1.27. The number of aliphatic hydroxyl groups excluding tert-OH is 2. The number of rotatable bonds is 12. The van der Waals surface area contributed by atoms with E-state index in [1.807, 2.05) is 35.1 Å². The smallest absolute Gasteiger partial charge is 0.161 e. The highest BCUT2D eigenvalue weighted by Gasteiger charge is 2.20. The van der Waals surface area contributed by atoms with E-state index in [1.165, 1.54) is 0 Å². The van der Waals surface area contributed by atoms with Gasteiger partial charge in [-0.15, -0.1) is 0 Å². The van der Waals surface area contributed by atoms with Crippen LogP contribution in [0.15, 0.2) is 36.7 Å². The van der Waals surface area contributed by atoms with Crippen LogP contribution in [-0.4, -0.2) is 77.0 Å². The summed E-state index contributed by atoms with van der Waals surface area (Å²) in [5.74, 6) is 1.30. The number of nitrogens with zero attached hydrogens (tertiary/aromatic N) is 3. The molecule has 0 saturated carbocycles. The summed E-state index contributed by atoms with van der Waals surface area (Å²) in [5, 5.41) is 27.5. The zero-order valence-corrected chi connectivity index (χ0v) is 17.7. The van der Waals surface area contributed by atoms with Gasteiger partial charge in [0.2, 0.25) is 0 Å². The minimum Gasteiger partial charge on any atom is -0.493 e. The van der Waals surface area contributed by atoms with Crippen LogP contribution < -0.4 is 14.8 Å². The molecule has 0 amide bonds. The van der Waals surface area contributed by atoms with E-state index in [0.717, 1.165) is 57.5 Å². The molecule has 0 aliphatic carbocycles. The van der Waals surface area contributed by atoms with Gasteiger partial charge in [-0.1, -0.05) is 6.07 Å². The van der Waals surface area contributed by atoms with E-state index < -0.39 is 6.10 Å². The summed E-state index contributed by atoms with van der Waals surface area (Å²) in [5.41, 5.74) is 1.12. The van der Waals surface area contributed by atoms with Crippen LogP contribution in [0.1, 0.15) is 24.8 Å². The molecule has 3 rings (SSSR count). The summed E-state index contributed by atoms with van der Waals surface area (Å²) in [4.78, 5) is 2.17. The van der Waals surface area contributed by atoms with Gasteiger partial charge in [0.05, 0.1) is 13.2 Å². The Balaban J connectivity index is 1.38. The summed E-state index contributed by atoms with van der Waals surface area (Å²) in [7, 11) is 1.62. The Morgan fingerprint density at radius 2 is 2.10 bits per heavy atom. The first-order valence-electron chi connectivity index (χ1n) is 10.7. The van der Waals surface area contributed by atoms with Gasteiger partial charge in [-0.25, -0.2) is 0 Å². The van der Waals surface area contributed by atoms with Crippen molar-refractivity contribution < 1.29 is 19.7 Å². The first-order chi connectivity index (χ1) is 14.6. The molecule has 3 N–H and O–H groups in total. The Hall–Kier alpha value is -2.13. The molecular weight excluding hydrogens is 384 g/mol. The number of aromatic nitrogens is 2. The topological polar surface area (TPSA) is 92.0 Å². The average molecular weight is 419 g/mol. The molecule has 166 valence electrons. The maximum Gasteiger partial charge on any atom is 0.161 e. The van der Waals surface area contributed by atoms with Crippen LogP contribution >= 0.6 is 0 Å². The minimum atomic E-state index is -0.582. The Bertz CT molecular complexity index is 733. The highest BCUT2D eigenvalue weighted by molar-refractivity contribution is 5.43. The third kappa shape index (κ3) is 7.28. The molecule has 0 radical (unpaired) electrons. The number of hydrogen-bond acceptors (Lipinski definition) is 7. The van der Waals surface area contributed by atoms with Crippen molar-refractivity contribution >= 4 is 0 Å². The van der Waals surface area contributed by atoms with Crippen LogP contribution in [0.25, 0.3) is 0 Å². The van der Waals surface area contributed by atoms with Gasteiger partial charge < -0.3 is 29.9 Å². The lowest BCUT2D eigenvalue weighted by Gasteiger charge is -2.30. The molecule has 1 unspecified atom stereocenters. The van der Waals surface area contributed by atoms with Gasteiger partial charge in [0, 0.05) is 45.1 Å². The summed E-state index contributed by atoms with van der Waals surface area (Å²) >= 11 is 0. The SMILES string of the molecule is COc1cc(CNCCCn2cccn2)ccc1OCC(O)CN1CCC(O)CC1. The monoisotopic (exact) mass is 418 g/mol. The van der Waals surface area contributed by atoms with Gasteiger partial charge in [0.15, 0.2) is 11.5 Å². The largest absolute Gasteiger partial charge is 0.493 e. The summed E-state index contributed by atoms with van der Waals surface area (Å²) < 4.78 is 13.2. The average Bonchev–Trinajstić information content (AvgIpc) is 3.27. The quantitative estimate of drug-likeness (QED) is 0.447. The summed E-state index contributed by atoms with van der Waals surface area (Å²) in [6, 6.07) is 7.80. The Labute approximate surface area is 178 Å². The fourth-order valence-corrected chi connectivity index (χ4v) is 3.61. The van der Waals surface area contributed by atoms with Crippen molar-refractivity contribution in [2.45, 2.75) is 44.6 Å². The molecule has 1 aliphatic rings. The number of β-amino-alcohol motifs (C(OH)–C–C–N with tert-alkyl or cyclic N) is 1. The fraction of sp³-hybridized carbons (Fsp3) is 0.591. The zero-order valence-electron chi connectivity index (χ0n) is 17.7. The number of ether oxygens (including phenoxy) is 2. The molecule has 1 aromatic heterocycles. The van der Waals surface area contributed by atoms with E-state index in [2.05, 4.69) is 15.3 Å². The van der Waals surface area contributed by atoms with Crippen LogP contribution in [0.2, 0.25) is 0 Å². The number of piperidine rings is 1. The minimum absolute atomic E-state index is 0.205. The van der Waals surface area contributed by atoms with Gasteiger partial charge in [0.1, 0.15) is 12.7 Å². The van der Waals surface area contributed by atoms with E-state index in [4.69, 9.17) is 9.47 Å². The molecule has 0 bridgehead atoms. The maximum atomic E-state index is 10.3. The van der Waals surface area contributed by atoms with Crippen molar-refractivity contribution in [3.05, 3.63) is 42.2 Å². The molecular formula is C22H34N4O4. The van der Waals surface area contributed by atoms with Crippen LogP contribution in [0, 0.1) is 0 Å². The Morgan fingerprint density at radius 3 is 2.83 bits per heavy atom. The molecule has 2 aromatic rings. The molecule has 30 heavy (non-hydrogen) atoms. The molecule has 1 aliphatic heterocycles. The fourth-order valence-electron chi connectivity index (χ4n) is 3.61. The van der Waals surface area contributed by atoms with Crippen molar-refractivity contribution in [3.63, 3.8) is 0 Å². The molecule has 1 atom stereocenters. The van der Waals surface area contributed by atoms with Crippen molar-refractivity contribution in [2.24, 2.45) is 0 Å². The van der Waals surface area contributed by atoms with E-state index in [-0.39, 0.29) is 12.7 Å². The Kier molecular flexibility index (Phi) is 8.95. The number of methoxy groups -OCH3 is 1. The van der Waals surface area contributed by atoms with Gasteiger partial charge in [-0.3, -0.25) is 4.68 Å². The van der Waals surface area contributed by atoms with Gasteiger partial charge in [0.25, 0.3) is 0 Å². The lowest BCUT2D eigenvalue weighted by molar-refractivity contribution is 0.0333. The third-order valence-corrected chi connectivity index (χ3v) is 5.31. The molecule has 1 fully saturated rings. The second kappa shape index (κ2) is 11.9. The second-order valence-electron chi connectivity index (χ2n) is 7.78. The second-order valence-corrected chi connectivity index (χ2v) is 7.78. The first kappa shape index (κ1) is 22.6. The van der Waals surface area contributed by atoms with Crippen LogP contribution in [0.3, 0.4) is 0 Å². The number of hydrogen-bond donors (Lipinski definition) is 3. The van der Waals surface area contributed by atoms with E-state index in [0.29, 0.717) is 18.0 Å². The molecule has 1 saturated heterocycles. The molecule has 2 heterocycles. The number of aliphatic hydroxyl groups is 2. The highest BCUT2D eigenvalue weighted by Crippen LogP contribution is 2.28. The van der Waals surface area contributed by atoms with Crippen LogP contribution in [0.5, 0.6) is 11.5 Å². The third-order valence-electron chi connectivity index (χ3n) is 5.31. The normalized spacial score (nSPS) is 16.5. The predicted molar refractivity (Wildman–Crippen MR) is 115 cm³/mol. The molecule has 1 aromatic carbocycles. The van der Waals surface area contributed by atoms with Crippen molar-refractivity contribution in [1.82, 2.24) is 20.0 Å². The van der Waals surface area contributed by atoms with E-state index in [9.17, 15) is 10.2 Å². The maximum absolute atomic E-state index is 10.3. The van der Waals surface area contributed by atoms with E-state index >= 15 is 0 Å². The first-order valence-corrected chi connectivity index (χ1v) is 10.7.